The van der Waals surface area contributed by atoms with Crippen LogP contribution in [-0.4, -0.2) is 0 Å². The molecule has 12 heavy (non-hydrogen) atoms. The monoisotopic (exact) mass is 159 g/mol. The van der Waals surface area contributed by atoms with Crippen LogP contribution >= 0.6 is 0 Å². The topological polar surface area (TPSA) is 30.2 Å². The summed E-state index contributed by atoms with van der Waals surface area (Å²) in [7, 11) is 0. The zero-order valence-electron chi connectivity index (χ0n) is 6.41. The lowest BCUT2D eigenvalue weighted by atomic mass is 10.1. The van der Waals surface area contributed by atoms with Crippen LogP contribution in [0.1, 0.15) is 5.56 Å². The third-order valence-electron chi connectivity index (χ3n) is 1.80. The van der Waals surface area contributed by atoms with Gasteiger partial charge in [-0.15, -0.1) is 0 Å². The van der Waals surface area contributed by atoms with Crippen LogP contribution in [0.25, 0.3) is 10.8 Å². The number of fused-ring (bicyclic) bond motifs is 1. The van der Waals surface area contributed by atoms with Crippen molar-refractivity contribution in [3.63, 3.8) is 0 Å². The summed E-state index contributed by atoms with van der Waals surface area (Å²) in [5, 5.41) is 1.44. The molecule has 0 aliphatic carbocycles. The smallest absolute Gasteiger partial charge is 0.343 e. The maximum atomic E-state index is 11.1. The minimum atomic E-state index is -0.307. The molecule has 2 aromatic rings. The van der Waals surface area contributed by atoms with Crippen molar-refractivity contribution < 1.29 is 4.42 Å². The largest absolute Gasteiger partial charge is 0.431 e. The van der Waals surface area contributed by atoms with Gasteiger partial charge in [0.2, 0.25) is 0 Å². The number of hydrogen-bond acceptors (Lipinski definition) is 2. The van der Waals surface area contributed by atoms with Crippen LogP contribution in [0.3, 0.4) is 0 Å². The average molecular weight is 159 g/mol. The van der Waals surface area contributed by atoms with Crippen LogP contribution in [0.15, 0.2) is 39.7 Å². The molecule has 0 saturated carbocycles. The van der Waals surface area contributed by atoms with E-state index >= 15 is 0 Å². The Morgan fingerprint density at radius 3 is 2.50 bits per heavy atom. The van der Waals surface area contributed by atoms with Gasteiger partial charge in [-0.25, -0.2) is 4.79 Å². The van der Waals surface area contributed by atoms with E-state index in [0.717, 1.165) is 10.9 Å². The summed E-state index contributed by atoms with van der Waals surface area (Å²) in [6.07, 6.45) is 1.38. The van der Waals surface area contributed by atoms with Gasteiger partial charge in [-0.2, -0.15) is 0 Å². The van der Waals surface area contributed by atoms with Gasteiger partial charge in [-0.3, -0.25) is 0 Å². The molecule has 0 spiro atoms. The van der Waals surface area contributed by atoms with Gasteiger partial charge >= 0.3 is 5.63 Å². The van der Waals surface area contributed by atoms with Crippen molar-refractivity contribution in [2.24, 2.45) is 0 Å². The molecule has 0 aliphatic rings. The number of benzene rings is 1. The standard InChI is InChI=1S/C10H7O2/c1-7-6-12-10(11)9-5-3-2-4-8(7)9/h2-6H,1H2. The van der Waals surface area contributed by atoms with Gasteiger partial charge in [0, 0.05) is 0 Å². The molecule has 0 bridgehead atoms. The van der Waals surface area contributed by atoms with Gasteiger partial charge in [-0.1, -0.05) is 18.2 Å². The van der Waals surface area contributed by atoms with Crippen molar-refractivity contribution in [1.29, 1.82) is 0 Å². The van der Waals surface area contributed by atoms with Crippen LogP contribution < -0.4 is 5.63 Å². The summed E-state index contributed by atoms with van der Waals surface area (Å²) in [5.41, 5.74) is 0.434. The fourth-order valence-corrected chi connectivity index (χ4v) is 1.19. The molecular weight excluding hydrogens is 152 g/mol. The Morgan fingerprint density at radius 2 is 1.83 bits per heavy atom. The molecule has 1 aromatic heterocycles. The maximum absolute atomic E-state index is 11.1. The first-order valence-corrected chi connectivity index (χ1v) is 3.61. The molecule has 1 aromatic carbocycles. The van der Waals surface area contributed by atoms with Crippen molar-refractivity contribution in [3.05, 3.63) is 53.4 Å². The van der Waals surface area contributed by atoms with Crippen LogP contribution in [0.2, 0.25) is 0 Å². The normalized spacial score (nSPS) is 10.4. The number of rotatable bonds is 0. The van der Waals surface area contributed by atoms with E-state index in [4.69, 9.17) is 4.42 Å². The highest BCUT2D eigenvalue weighted by Gasteiger charge is 2.00. The predicted molar refractivity (Wildman–Crippen MR) is 46.9 cm³/mol. The van der Waals surface area contributed by atoms with Gasteiger partial charge in [0.15, 0.2) is 0 Å². The molecule has 0 saturated heterocycles. The van der Waals surface area contributed by atoms with Crippen LogP contribution in [0.4, 0.5) is 0 Å². The highest BCUT2D eigenvalue weighted by molar-refractivity contribution is 5.84. The predicted octanol–water partition coefficient (Wildman–Crippen LogP) is 1.98. The summed E-state index contributed by atoms with van der Waals surface area (Å²) in [5.74, 6) is 0. The second-order valence-corrected chi connectivity index (χ2v) is 2.59. The van der Waals surface area contributed by atoms with Gasteiger partial charge in [0.1, 0.15) is 0 Å². The Bertz CT molecular complexity index is 468. The van der Waals surface area contributed by atoms with E-state index in [9.17, 15) is 4.79 Å². The van der Waals surface area contributed by atoms with Crippen molar-refractivity contribution in [2.45, 2.75) is 0 Å². The molecule has 0 unspecified atom stereocenters. The lowest BCUT2D eigenvalue weighted by Crippen LogP contribution is -1.98. The Morgan fingerprint density at radius 1 is 1.17 bits per heavy atom. The molecule has 0 amide bonds. The maximum Gasteiger partial charge on any atom is 0.343 e. The average Bonchev–Trinajstić information content (AvgIpc) is 2.12. The highest BCUT2D eigenvalue weighted by Crippen LogP contribution is 2.13. The summed E-state index contributed by atoms with van der Waals surface area (Å²) in [4.78, 5) is 11.1. The molecule has 1 heterocycles. The van der Waals surface area contributed by atoms with E-state index in [-0.39, 0.29) is 5.63 Å². The Labute approximate surface area is 69.4 Å². The van der Waals surface area contributed by atoms with Crippen molar-refractivity contribution in [1.82, 2.24) is 0 Å². The van der Waals surface area contributed by atoms with E-state index in [0.29, 0.717) is 5.39 Å². The van der Waals surface area contributed by atoms with E-state index in [1.54, 1.807) is 12.1 Å². The van der Waals surface area contributed by atoms with Crippen LogP contribution in [0.5, 0.6) is 0 Å². The third kappa shape index (κ3) is 0.925. The highest BCUT2D eigenvalue weighted by atomic mass is 16.4. The van der Waals surface area contributed by atoms with Gasteiger partial charge in [0.05, 0.1) is 11.6 Å². The Hall–Kier alpha value is -1.57. The molecule has 0 fully saturated rings. The number of hydrogen-bond donors (Lipinski definition) is 0. The molecule has 2 rings (SSSR count). The molecule has 0 N–H and O–H groups in total. The summed E-state index contributed by atoms with van der Waals surface area (Å²) >= 11 is 0. The second-order valence-electron chi connectivity index (χ2n) is 2.59. The molecule has 0 aliphatic heterocycles. The lowest BCUT2D eigenvalue weighted by Gasteiger charge is -1.97. The summed E-state index contributed by atoms with van der Waals surface area (Å²) in [6.45, 7) is 3.76. The van der Waals surface area contributed by atoms with E-state index in [1.165, 1.54) is 6.26 Å². The van der Waals surface area contributed by atoms with Crippen LogP contribution in [0, 0.1) is 6.92 Å². The van der Waals surface area contributed by atoms with Crippen molar-refractivity contribution in [2.75, 3.05) is 0 Å². The van der Waals surface area contributed by atoms with E-state index in [1.807, 2.05) is 12.1 Å². The SMILES string of the molecule is [CH2]c1coc(=O)c2ccccc12. The third-order valence-corrected chi connectivity index (χ3v) is 1.80. The summed E-state index contributed by atoms with van der Waals surface area (Å²) in [6, 6.07) is 7.26. The van der Waals surface area contributed by atoms with Crippen molar-refractivity contribution in [3.8, 4) is 0 Å². The zero-order chi connectivity index (χ0) is 8.55. The Kier molecular flexibility index (Phi) is 1.47. The van der Waals surface area contributed by atoms with Gasteiger partial charge < -0.3 is 4.42 Å². The first kappa shape index (κ1) is 7.10. The summed E-state index contributed by atoms with van der Waals surface area (Å²) < 4.78 is 4.75. The second kappa shape index (κ2) is 2.48. The molecule has 1 radical (unpaired) electrons. The van der Waals surface area contributed by atoms with Crippen molar-refractivity contribution >= 4 is 10.8 Å². The van der Waals surface area contributed by atoms with E-state index in [2.05, 4.69) is 6.92 Å². The van der Waals surface area contributed by atoms with Gasteiger partial charge in [-0.05, 0) is 23.9 Å². The fourth-order valence-electron chi connectivity index (χ4n) is 1.19. The first-order chi connectivity index (χ1) is 5.79. The minimum absolute atomic E-state index is 0.307. The molecule has 59 valence electrons. The lowest BCUT2D eigenvalue weighted by molar-refractivity contribution is 0.517. The van der Waals surface area contributed by atoms with E-state index < -0.39 is 0 Å². The fraction of sp³-hybridized carbons (Fsp3) is 0. The first-order valence-electron chi connectivity index (χ1n) is 3.61. The molecule has 0 atom stereocenters. The molecule has 2 heteroatoms. The quantitative estimate of drug-likeness (QED) is 0.588. The zero-order valence-corrected chi connectivity index (χ0v) is 6.41. The van der Waals surface area contributed by atoms with Gasteiger partial charge in [0.25, 0.3) is 0 Å². The molecular formula is C10H7O2. The Balaban J connectivity index is 3.05. The molecule has 2 nitrogen and oxygen atoms in total. The minimum Gasteiger partial charge on any atom is -0.431 e. The van der Waals surface area contributed by atoms with Crippen LogP contribution in [-0.2, 0) is 0 Å².